The number of nitrogens with zero attached hydrogens (tertiary/aromatic N) is 2. The summed E-state index contributed by atoms with van der Waals surface area (Å²) in [7, 11) is 4.03. The Morgan fingerprint density at radius 1 is 1.22 bits per heavy atom. The fourth-order valence-corrected chi connectivity index (χ4v) is 2.39. The number of carbonyl (C=O) groups excluding carboxylic acids is 1. The molecule has 2 rings (SSSR count). The van der Waals surface area contributed by atoms with E-state index < -0.39 is 0 Å². The maximum atomic E-state index is 12.0. The number of rotatable bonds is 7. The van der Waals surface area contributed by atoms with Crippen LogP contribution < -0.4 is 10.6 Å². The molecular formula is C17H21BrN4O. The maximum absolute atomic E-state index is 12.0. The summed E-state index contributed by atoms with van der Waals surface area (Å²) in [4.78, 5) is 18.3. The second-order valence-electron chi connectivity index (χ2n) is 5.45. The van der Waals surface area contributed by atoms with E-state index in [0.29, 0.717) is 12.2 Å². The van der Waals surface area contributed by atoms with Crippen molar-refractivity contribution in [2.75, 3.05) is 32.5 Å². The van der Waals surface area contributed by atoms with Crippen LogP contribution >= 0.6 is 15.9 Å². The van der Waals surface area contributed by atoms with Crippen LogP contribution in [-0.2, 0) is 0 Å². The lowest BCUT2D eigenvalue weighted by atomic mass is 10.3. The van der Waals surface area contributed by atoms with Gasteiger partial charge in [-0.3, -0.25) is 4.79 Å². The van der Waals surface area contributed by atoms with Gasteiger partial charge >= 0.3 is 0 Å². The summed E-state index contributed by atoms with van der Waals surface area (Å²) in [6, 6.07) is 11.4. The smallest absolute Gasteiger partial charge is 0.269 e. The van der Waals surface area contributed by atoms with Gasteiger partial charge < -0.3 is 15.5 Å². The molecular weight excluding hydrogens is 356 g/mol. The molecule has 5 nitrogen and oxygen atoms in total. The lowest BCUT2D eigenvalue weighted by Crippen LogP contribution is -2.27. The molecule has 0 aliphatic rings. The third-order valence-corrected chi connectivity index (χ3v) is 3.91. The zero-order valence-corrected chi connectivity index (χ0v) is 14.9. The number of carbonyl (C=O) groups is 1. The molecule has 2 N–H and O–H groups in total. The fraction of sp³-hybridized carbons (Fsp3) is 0.294. The van der Waals surface area contributed by atoms with Gasteiger partial charge in [-0.15, -0.1) is 0 Å². The Morgan fingerprint density at radius 2 is 2.00 bits per heavy atom. The van der Waals surface area contributed by atoms with Gasteiger partial charge in [-0.1, -0.05) is 12.1 Å². The van der Waals surface area contributed by atoms with E-state index in [9.17, 15) is 4.79 Å². The molecule has 0 saturated carbocycles. The van der Waals surface area contributed by atoms with E-state index in [-0.39, 0.29) is 5.91 Å². The van der Waals surface area contributed by atoms with E-state index in [4.69, 9.17) is 0 Å². The van der Waals surface area contributed by atoms with Crippen molar-refractivity contribution in [3.8, 4) is 0 Å². The zero-order chi connectivity index (χ0) is 16.7. The standard InChI is InChI=1S/C17H21BrN4O/c1-22(2)11-5-10-19-17(23)16-9-8-13(12-20-16)21-15-7-4-3-6-14(15)18/h3-4,6-9,12,21H,5,10-11H2,1-2H3,(H,19,23). The van der Waals surface area contributed by atoms with Gasteiger partial charge in [0.15, 0.2) is 0 Å². The highest BCUT2D eigenvalue weighted by Gasteiger charge is 2.07. The van der Waals surface area contributed by atoms with Gasteiger partial charge in [0.25, 0.3) is 5.91 Å². The zero-order valence-electron chi connectivity index (χ0n) is 13.3. The molecule has 1 heterocycles. The molecule has 0 aliphatic heterocycles. The highest BCUT2D eigenvalue weighted by Crippen LogP contribution is 2.24. The third-order valence-electron chi connectivity index (χ3n) is 3.22. The summed E-state index contributed by atoms with van der Waals surface area (Å²) in [5.74, 6) is -0.142. The summed E-state index contributed by atoms with van der Waals surface area (Å²) in [6.07, 6.45) is 2.58. The predicted molar refractivity (Wildman–Crippen MR) is 97.2 cm³/mol. The first-order valence-corrected chi connectivity index (χ1v) is 8.26. The number of aromatic nitrogens is 1. The number of benzene rings is 1. The minimum atomic E-state index is -0.142. The molecule has 2 aromatic rings. The summed E-state index contributed by atoms with van der Waals surface area (Å²) < 4.78 is 0.975. The minimum absolute atomic E-state index is 0.142. The van der Waals surface area contributed by atoms with Crippen LogP contribution in [0.5, 0.6) is 0 Å². The molecule has 0 radical (unpaired) electrons. The first-order valence-electron chi connectivity index (χ1n) is 7.47. The van der Waals surface area contributed by atoms with Crippen LogP contribution in [0.2, 0.25) is 0 Å². The minimum Gasteiger partial charge on any atom is -0.353 e. The van der Waals surface area contributed by atoms with E-state index in [1.54, 1.807) is 12.3 Å². The lowest BCUT2D eigenvalue weighted by Gasteiger charge is -2.10. The average Bonchev–Trinajstić information content (AvgIpc) is 2.54. The molecule has 122 valence electrons. The average molecular weight is 377 g/mol. The van der Waals surface area contributed by atoms with Gasteiger partial charge in [0.05, 0.1) is 17.6 Å². The summed E-state index contributed by atoms with van der Waals surface area (Å²) in [5, 5.41) is 6.13. The first kappa shape index (κ1) is 17.4. The van der Waals surface area contributed by atoms with Crippen molar-refractivity contribution in [1.82, 2.24) is 15.2 Å². The van der Waals surface area contributed by atoms with Crippen LogP contribution in [0.15, 0.2) is 47.1 Å². The third kappa shape index (κ3) is 5.65. The van der Waals surface area contributed by atoms with Crippen LogP contribution in [0.1, 0.15) is 16.9 Å². The van der Waals surface area contributed by atoms with Gasteiger partial charge in [0.1, 0.15) is 5.69 Å². The van der Waals surface area contributed by atoms with E-state index in [2.05, 4.69) is 36.4 Å². The van der Waals surface area contributed by atoms with Gasteiger partial charge in [0, 0.05) is 11.0 Å². The van der Waals surface area contributed by atoms with Crippen LogP contribution in [0, 0.1) is 0 Å². The van der Waals surface area contributed by atoms with Crippen LogP contribution in [0.25, 0.3) is 0 Å². The maximum Gasteiger partial charge on any atom is 0.269 e. The highest BCUT2D eigenvalue weighted by molar-refractivity contribution is 9.10. The Kier molecular flexibility index (Phi) is 6.55. The van der Waals surface area contributed by atoms with Crippen molar-refractivity contribution in [3.63, 3.8) is 0 Å². The number of nitrogens with one attached hydrogen (secondary N) is 2. The number of para-hydroxylation sites is 1. The molecule has 1 aromatic heterocycles. The van der Waals surface area contributed by atoms with Crippen LogP contribution in [0.3, 0.4) is 0 Å². The molecule has 0 bridgehead atoms. The Labute approximate surface area is 145 Å². The monoisotopic (exact) mass is 376 g/mol. The van der Waals surface area contributed by atoms with Crippen LogP contribution in [0.4, 0.5) is 11.4 Å². The second kappa shape index (κ2) is 8.64. The molecule has 1 aromatic carbocycles. The Morgan fingerprint density at radius 3 is 2.65 bits per heavy atom. The van der Waals surface area contributed by atoms with E-state index in [1.807, 2.05) is 44.4 Å². The van der Waals surface area contributed by atoms with E-state index in [1.165, 1.54) is 0 Å². The molecule has 6 heteroatoms. The largest absolute Gasteiger partial charge is 0.353 e. The van der Waals surface area contributed by atoms with Gasteiger partial charge in [-0.05, 0) is 67.3 Å². The number of pyridine rings is 1. The molecule has 0 atom stereocenters. The van der Waals surface area contributed by atoms with E-state index in [0.717, 1.165) is 28.8 Å². The molecule has 0 aliphatic carbocycles. The van der Waals surface area contributed by atoms with E-state index >= 15 is 0 Å². The van der Waals surface area contributed by atoms with Crippen molar-refractivity contribution < 1.29 is 4.79 Å². The molecule has 0 unspecified atom stereocenters. The van der Waals surface area contributed by atoms with Crippen molar-refractivity contribution in [2.45, 2.75) is 6.42 Å². The van der Waals surface area contributed by atoms with Gasteiger partial charge in [0.2, 0.25) is 0 Å². The molecule has 0 saturated heterocycles. The number of halogens is 1. The summed E-state index contributed by atoms with van der Waals surface area (Å²) in [6.45, 7) is 1.60. The summed E-state index contributed by atoms with van der Waals surface area (Å²) in [5.41, 5.74) is 2.21. The van der Waals surface area contributed by atoms with Gasteiger partial charge in [-0.2, -0.15) is 0 Å². The Bertz CT molecular complexity index is 643. The van der Waals surface area contributed by atoms with Crippen molar-refractivity contribution in [3.05, 3.63) is 52.8 Å². The summed E-state index contributed by atoms with van der Waals surface area (Å²) >= 11 is 3.49. The Balaban J connectivity index is 1.89. The molecule has 0 spiro atoms. The molecule has 1 amide bonds. The molecule has 0 fully saturated rings. The topological polar surface area (TPSA) is 57.3 Å². The molecule has 23 heavy (non-hydrogen) atoms. The second-order valence-corrected chi connectivity index (χ2v) is 6.30. The number of hydrogen-bond acceptors (Lipinski definition) is 4. The predicted octanol–water partition coefficient (Wildman–Crippen LogP) is 3.27. The number of hydrogen-bond donors (Lipinski definition) is 2. The first-order chi connectivity index (χ1) is 11.1. The van der Waals surface area contributed by atoms with Crippen molar-refractivity contribution in [1.29, 1.82) is 0 Å². The van der Waals surface area contributed by atoms with Crippen LogP contribution in [-0.4, -0.2) is 43.0 Å². The normalized spacial score (nSPS) is 10.6. The van der Waals surface area contributed by atoms with Crippen molar-refractivity contribution in [2.24, 2.45) is 0 Å². The SMILES string of the molecule is CN(C)CCCNC(=O)c1ccc(Nc2ccccc2Br)cn1. The number of anilines is 2. The highest BCUT2D eigenvalue weighted by atomic mass is 79.9. The number of amides is 1. The van der Waals surface area contributed by atoms with Crippen molar-refractivity contribution >= 4 is 33.2 Å². The fourth-order valence-electron chi connectivity index (χ4n) is 2.01. The van der Waals surface area contributed by atoms with Gasteiger partial charge in [-0.25, -0.2) is 4.98 Å². The lowest BCUT2D eigenvalue weighted by molar-refractivity contribution is 0.0947. The Hall–Kier alpha value is -1.92. The quantitative estimate of drug-likeness (QED) is 0.728.